The third-order valence-corrected chi connectivity index (χ3v) is 5.01. The highest BCUT2D eigenvalue weighted by atomic mass is 16.3. The van der Waals surface area contributed by atoms with E-state index in [2.05, 4.69) is 5.32 Å². The van der Waals surface area contributed by atoms with Crippen molar-refractivity contribution in [1.82, 2.24) is 10.2 Å². The lowest BCUT2D eigenvalue weighted by Crippen LogP contribution is -2.48. The number of carbonyl (C=O) groups excluding carboxylic acids is 1. The molecule has 4 heteroatoms. The zero-order valence-corrected chi connectivity index (χ0v) is 12.2. The summed E-state index contributed by atoms with van der Waals surface area (Å²) in [5.74, 6) is 0.808. The van der Waals surface area contributed by atoms with E-state index in [9.17, 15) is 4.79 Å². The number of likely N-dealkylation sites (tertiary alicyclic amines) is 1. The van der Waals surface area contributed by atoms with Crippen LogP contribution in [0.3, 0.4) is 0 Å². The van der Waals surface area contributed by atoms with Crippen LogP contribution in [-0.2, 0) is 4.79 Å². The summed E-state index contributed by atoms with van der Waals surface area (Å²) < 4.78 is 0. The van der Waals surface area contributed by atoms with Gasteiger partial charge >= 0.3 is 0 Å². The van der Waals surface area contributed by atoms with Crippen molar-refractivity contribution in [2.75, 3.05) is 26.7 Å². The first-order chi connectivity index (χ1) is 9.19. The Morgan fingerprint density at radius 2 is 2.11 bits per heavy atom. The smallest absolute Gasteiger partial charge is 0.224 e. The van der Waals surface area contributed by atoms with Crippen LogP contribution >= 0.6 is 0 Å². The number of hydrogen-bond acceptors (Lipinski definition) is 3. The Labute approximate surface area is 116 Å². The van der Waals surface area contributed by atoms with Gasteiger partial charge in [0.25, 0.3) is 0 Å². The molecule has 110 valence electrons. The summed E-state index contributed by atoms with van der Waals surface area (Å²) in [5, 5.41) is 12.4. The molecule has 0 aromatic heterocycles. The first-order valence-electron chi connectivity index (χ1n) is 7.77. The number of nitrogens with zero attached hydrogens (tertiary/aromatic N) is 1. The van der Waals surface area contributed by atoms with Crippen LogP contribution in [0.2, 0.25) is 0 Å². The summed E-state index contributed by atoms with van der Waals surface area (Å²) in [4.78, 5) is 14.5. The van der Waals surface area contributed by atoms with Gasteiger partial charge in [-0.25, -0.2) is 0 Å². The lowest BCUT2D eigenvalue weighted by Gasteiger charge is -2.37. The molecule has 1 aliphatic carbocycles. The molecular formula is C15H28N2O2. The molecule has 1 unspecified atom stereocenters. The maximum Gasteiger partial charge on any atom is 0.224 e. The van der Waals surface area contributed by atoms with Crippen LogP contribution in [0.25, 0.3) is 0 Å². The van der Waals surface area contributed by atoms with Crippen LogP contribution in [0, 0.1) is 5.92 Å². The largest absolute Gasteiger partial charge is 0.396 e. The predicted octanol–water partition coefficient (Wildman–Crippen LogP) is 1.53. The van der Waals surface area contributed by atoms with Gasteiger partial charge in [-0.1, -0.05) is 19.3 Å². The Balaban J connectivity index is 1.86. The van der Waals surface area contributed by atoms with Crippen molar-refractivity contribution < 1.29 is 9.90 Å². The summed E-state index contributed by atoms with van der Waals surface area (Å²) in [6, 6.07) is 0. The Morgan fingerprint density at radius 1 is 1.37 bits per heavy atom. The number of rotatable bonds is 5. The summed E-state index contributed by atoms with van der Waals surface area (Å²) in [5.41, 5.74) is 0.0460. The summed E-state index contributed by atoms with van der Waals surface area (Å²) >= 11 is 0. The van der Waals surface area contributed by atoms with Gasteiger partial charge in [-0.05, 0) is 38.6 Å². The molecule has 1 aliphatic heterocycles. The zero-order chi connectivity index (χ0) is 13.7. The second kappa shape index (κ2) is 6.71. The van der Waals surface area contributed by atoms with E-state index in [1.54, 1.807) is 0 Å². The van der Waals surface area contributed by atoms with Gasteiger partial charge in [-0.3, -0.25) is 4.79 Å². The molecule has 2 aliphatic rings. The van der Waals surface area contributed by atoms with E-state index in [-0.39, 0.29) is 12.1 Å². The first kappa shape index (κ1) is 14.8. The SMILES string of the molecule is CNC1(CC(=O)N2CCC(CCO)C2)CCCCC1. The monoisotopic (exact) mass is 268 g/mol. The lowest BCUT2D eigenvalue weighted by atomic mass is 9.79. The Bertz CT molecular complexity index is 301. The minimum Gasteiger partial charge on any atom is -0.396 e. The fraction of sp³-hybridized carbons (Fsp3) is 0.933. The maximum atomic E-state index is 12.5. The Hall–Kier alpha value is -0.610. The van der Waals surface area contributed by atoms with Gasteiger partial charge in [0.05, 0.1) is 0 Å². The van der Waals surface area contributed by atoms with Crippen LogP contribution in [-0.4, -0.2) is 48.2 Å². The highest BCUT2D eigenvalue weighted by Gasteiger charge is 2.35. The van der Waals surface area contributed by atoms with E-state index in [1.165, 1.54) is 19.3 Å². The van der Waals surface area contributed by atoms with Gasteiger partial charge in [0, 0.05) is 31.7 Å². The number of carbonyl (C=O) groups is 1. The van der Waals surface area contributed by atoms with Crippen LogP contribution in [0.15, 0.2) is 0 Å². The molecule has 2 N–H and O–H groups in total. The molecule has 1 saturated carbocycles. The fourth-order valence-electron chi connectivity index (χ4n) is 3.62. The minimum absolute atomic E-state index is 0.0460. The Kier molecular flexibility index (Phi) is 5.22. The molecular weight excluding hydrogens is 240 g/mol. The van der Waals surface area contributed by atoms with E-state index >= 15 is 0 Å². The fourth-order valence-corrected chi connectivity index (χ4v) is 3.62. The molecule has 1 atom stereocenters. The van der Waals surface area contributed by atoms with E-state index in [0.29, 0.717) is 18.2 Å². The lowest BCUT2D eigenvalue weighted by molar-refractivity contribution is -0.132. The second-order valence-electron chi connectivity index (χ2n) is 6.27. The summed E-state index contributed by atoms with van der Waals surface area (Å²) in [6.07, 6.45) is 8.57. The molecule has 0 bridgehead atoms. The van der Waals surface area contributed by atoms with E-state index in [1.807, 2.05) is 11.9 Å². The van der Waals surface area contributed by atoms with Crippen molar-refractivity contribution in [3.63, 3.8) is 0 Å². The van der Waals surface area contributed by atoms with Gasteiger partial charge in [-0.15, -0.1) is 0 Å². The highest BCUT2D eigenvalue weighted by Crippen LogP contribution is 2.32. The molecule has 2 fully saturated rings. The number of aliphatic hydroxyl groups excluding tert-OH is 1. The average molecular weight is 268 g/mol. The molecule has 4 nitrogen and oxygen atoms in total. The minimum atomic E-state index is 0.0460. The van der Waals surface area contributed by atoms with Crippen molar-refractivity contribution in [3.05, 3.63) is 0 Å². The van der Waals surface area contributed by atoms with Crippen molar-refractivity contribution >= 4 is 5.91 Å². The second-order valence-corrected chi connectivity index (χ2v) is 6.27. The topological polar surface area (TPSA) is 52.6 Å². The molecule has 0 aromatic carbocycles. The van der Waals surface area contributed by atoms with Gasteiger partial charge in [-0.2, -0.15) is 0 Å². The van der Waals surface area contributed by atoms with Crippen molar-refractivity contribution in [3.8, 4) is 0 Å². The van der Waals surface area contributed by atoms with Gasteiger partial charge in [0.15, 0.2) is 0 Å². The molecule has 1 saturated heterocycles. The Morgan fingerprint density at radius 3 is 2.74 bits per heavy atom. The van der Waals surface area contributed by atoms with E-state index in [4.69, 9.17) is 5.11 Å². The standard InChI is InChI=1S/C15H28N2O2/c1-16-15(7-3-2-4-8-15)11-14(19)17-9-5-13(12-17)6-10-18/h13,16,18H,2-12H2,1H3. The third kappa shape index (κ3) is 3.69. The van der Waals surface area contributed by atoms with E-state index in [0.717, 1.165) is 38.8 Å². The molecule has 19 heavy (non-hydrogen) atoms. The highest BCUT2D eigenvalue weighted by molar-refractivity contribution is 5.77. The molecule has 1 heterocycles. The maximum absolute atomic E-state index is 12.5. The predicted molar refractivity (Wildman–Crippen MR) is 75.9 cm³/mol. The summed E-state index contributed by atoms with van der Waals surface area (Å²) in [7, 11) is 2.00. The van der Waals surface area contributed by atoms with Crippen LogP contribution in [0.1, 0.15) is 51.4 Å². The van der Waals surface area contributed by atoms with Gasteiger partial charge in [0.2, 0.25) is 5.91 Å². The van der Waals surface area contributed by atoms with Crippen LogP contribution < -0.4 is 5.32 Å². The first-order valence-corrected chi connectivity index (χ1v) is 7.77. The summed E-state index contributed by atoms with van der Waals surface area (Å²) in [6.45, 7) is 1.97. The number of hydrogen-bond donors (Lipinski definition) is 2. The van der Waals surface area contributed by atoms with Crippen molar-refractivity contribution in [1.29, 1.82) is 0 Å². The molecule has 0 spiro atoms. The normalized spacial score (nSPS) is 26.6. The van der Waals surface area contributed by atoms with Gasteiger partial charge in [0.1, 0.15) is 0 Å². The molecule has 0 radical (unpaired) electrons. The van der Waals surface area contributed by atoms with Crippen LogP contribution in [0.4, 0.5) is 0 Å². The quantitative estimate of drug-likeness (QED) is 0.795. The number of nitrogens with one attached hydrogen (secondary N) is 1. The van der Waals surface area contributed by atoms with Crippen molar-refractivity contribution in [2.24, 2.45) is 5.92 Å². The van der Waals surface area contributed by atoms with Gasteiger partial charge < -0.3 is 15.3 Å². The zero-order valence-electron chi connectivity index (χ0n) is 12.2. The molecule has 2 rings (SSSR count). The van der Waals surface area contributed by atoms with Crippen LogP contribution in [0.5, 0.6) is 0 Å². The van der Waals surface area contributed by atoms with Crippen molar-refractivity contribution in [2.45, 2.75) is 56.9 Å². The molecule has 1 amide bonds. The average Bonchev–Trinajstić information content (AvgIpc) is 2.89. The number of aliphatic hydroxyl groups is 1. The van der Waals surface area contributed by atoms with E-state index < -0.39 is 0 Å². The molecule has 0 aromatic rings. The number of amides is 1. The third-order valence-electron chi connectivity index (χ3n) is 5.01.